The van der Waals surface area contributed by atoms with E-state index in [0.717, 1.165) is 0 Å². The molecule has 0 saturated heterocycles. The number of aliphatic carboxylic acids is 2. The predicted molar refractivity (Wildman–Crippen MR) is 126 cm³/mol. The van der Waals surface area contributed by atoms with Crippen molar-refractivity contribution in [3.05, 3.63) is 54.1 Å². The summed E-state index contributed by atoms with van der Waals surface area (Å²) < 4.78 is 0. The van der Waals surface area contributed by atoms with Gasteiger partial charge in [-0.05, 0) is 18.9 Å². The van der Waals surface area contributed by atoms with Crippen molar-refractivity contribution < 1.29 is 34.2 Å². The first kappa shape index (κ1) is 28.0. The molecule has 0 spiro atoms. The number of nitrogens with two attached hydrogens (primary N) is 1. The van der Waals surface area contributed by atoms with E-state index in [9.17, 15) is 24.0 Å². The molecule has 1 aromatic heterocycles. The quantitative estimate of drug-likeness (QED) is 0.167. The van der Waals surface area contributed by atoms with Crippen molar-refractivity contribution in [2.45, 2.75) is 56.8 Å². The standard InChI is InChI=1S/C23H30N6O7/c1-13(23(35)36)27-21(33)18(10-15-11-25-12-26-15)29-22(34)17(9-14-5-3-2-4-6-14)28-20(32)16(24)7-8-19(30)31/h2-6,11-13,16-18H,7-10,24H2,1H3,(H,25,26)(H,27,33)(H,28,32)(H,29,34)(H,30,31)(H,35,36). The lowest BCUT2D eigenvalue weighted by atomic mass is 10.0. The Morgan fingerprint density at radius 2 is 1.56 bits per heavy atom. The molecule has 4 atom stereocenters. The molecule has 0 fully saturated rings. The van der Waals surface area contributed by atoms with E-state index < -0.39 is 53.8 Å². The minimum absolute atomic E-state index is 0.0198. The van der Waals surface area contributed by atoms with E-state index in [0.29, 0.717) is 11.3 Å². The first-order valence-electron chi connectivity index (χ1n) is 11.2. The van der Waals surface area contributed by atoms with Crippen LogP contribution < -0.4 is 21.7 Å². The fourth-order valence-corrected chi connectivity index (χ4v) is 3.22. The number of aromatic nitrogens is 2. The summed E-state index contributed by atoms with van der Waals surface area (Å²) in [6.07, 6.45) is 2.44. The van der Waals surface area contributed by atoms with Crippen LogP contribution in [0.5, 0.6) is 0 Å². The number of aromatic amines is 1. The first-order valence-corrected chi connectivity index (χ1v) is 11.2. The second-order valence-electron chi connectivity index (χ2n) is 8.20. The normalized spacial score (nSPS) is 14.1. The van der Waals surface area contributed by atoms with Gasteiger partial charge in [-0.2, -0.15) is 0 Å². The maximum Gasteiger partial charge on any atom is 0.325 e. The van der Waals surface area contributed by atoms with Gasteiger partial charge in [0.1, 0.15) is 18.1 Å². The average Bonchev–Trinajstić information content (AvgIpc) is 3.35. The highest BCUT2D eigenvalue weighted by Gasteiger charge is 2.30. The maximum atomic E-state index is 13.3. The van der Waals surface area contributed by atoms with Crippen LogP contribution in [-0.4, -0.2) is 74.0 Å². The Labute approximate surface area is 206 Å². The molecule has 13 heteroatoms. The smallest absolute Gasteiger partial charge is 0.325 e. The van der Waals surface area contributed by atoms with E-state index in [1.54, 1.807) is 30.3 Å². The summed E-state index contributed by atoms with van der Waals surface area (Å²) >= 11 is 0. The number of H-pyrrole nitrogens is 1. The predicted octanol–water partition coefficient (Wildman–Crippen LogP) is -1.05. The Kier molecular flexibility index (Phi) is 10.6. The number of nitrogens with zero attached hydrogens (tertiary/aromatic N) is 1. The molecule has 0 saturated carbocycles. The highest BCUT2D eigenvalue weighted by molar-refractivity contribution is 5.94. The zero-order valence-corrected chi connectivity index (χ0v) is 19.6. The Balaban J connectivity index is 2.21. The van der Waals surface area contributed by atoms with Crippen molar-refractivity contribution in [1.29, 1.82) is 0 Å². The number of hydrogen-bond acceptors (Lipinski definition) is 7. The molecule has 36 heavy (non-hydrogen) atoms. The van der Waals surface area contributed by atoms with Crippen LogP contribution in [0.4, 0.5) is 0 Å². The lowest BCUT2D eigenvalue weighted by Crippen LogP contribution is -2.58. The van der Waals surface area contributed by atoms with Gasteiger partial charge >= 0.3 is 11.9 Å². The molecule has 1 heterocycles. The molecule has 1 aromatic carbocycles. The molecule has 2 aromatic rings. The van der Waals surface area contributed by atoms with Crippen molar-refractivity contribution in [3.63, 3.8) is 0 Å². The average molecular weight is 503 g/mol. The van der Waals surface area contributed by atoms with Gasteiger partial charge in [-0.3, -0.25) is 24.0 Å². The Morgan fingerprint density at radius 1 is 0.944 bits per heavy atom. The molecular formula is C23H30N6O7. The van der Waals surface area contributed by atoms with Crippen LogP contribution in [0, 0.1) is 0 Å². The monoisotopic (exact) mass is 502 g/mol. The number of carbonyl (C=O) groups is 5. The number of amides is 3. The second-order valence-corrected chi connectivity index (χ2v) is 8.20. The fraction of sp³-hybridized carbons (Fsp3) is 0.391. The van der Waals surface area contributed by atoms with Crippen molar-refractivity contribution >= 4 is 29.7 Å². The van der Waals surface area contributed by atoms with Gasteiger partial charge in [0.05, 0.1) is 12.4 Å². The maximum absolute atomic E-state index is 13.3. The first-order chi connectivity index (χ1) is 17.1. The van der Waals surface area contributed by atoms with E-state index in [-0.39, 0.29) is 25.7 Å². The van der Waals surface area contributed by atoms with E-state index in [1.807, 2.05) is 0 Å². The number of rotatable bonds is 14. The van der Waals surface area contributed by atoms with Crippen LogP contribution in [0.2, 0.25) is 0 Å². The van der Waals surface area contributed by atoms with Crippen LogP contribution in [0.15, 0.2) is 42.9 Å². The van der Waals surface area contributed by atoms with Gasteiger partial charge in [-0.1, -0.05) is 30.3 Å². The zero-order chi connectivity index (χ0) is 26.7. The van der Waals surface area contributed by atoms with Crippen LogP contribution >= 0.6 is 0 Å². The molecule has 3 amide bonds. The van der Waals surface area contributed by atoms with E-state index in [2.05, 4.69) is 25.9 Å². The Bertz CT molecular complexity index is 1040. The number of carboxylic acids is 2. The summed E-state index contributed by atoms with van der Waals surface area (Å²) in [6.45, 7) is 1.28. The summed E-state index contributed by atoms with van der Waals surface area (Å²) in [7, 11) is 0. The summed E-state index contributed by atoms with van der Waals surface area (Å²) in [5.74, 6) is -4.53. The summed E-state index contributed by atoms with van der Waals surface area (Å²) in [5, 5.41) is 25.4. The molecule has 0 aliphatic rings. The van der Waals surface area contributed by atoms with Crippen LogP contribution in [0.3, 0.4) is 0 Å². The van der Waals surface area contributed by atoms with Gasteiger partial charge in [0.2, 0.25) is 17.7 Å². The van der Waals surface area contributed by atoms with Crippen molar-refractivity contribution in [2.75, 3.05) is 0 Å². The van der Waals surface area contributed by atoms with E-state index in [4.69, 9.17) is 15.9 Å². The third-order valence-corrected chi connectivity index (χ3v) is 5.26. The van der Waals surface area contributed by atoms with Gasteiger partial charge < -0.3 is 36.9 Å². The van der Waals surface area contributed by atoms with Crippen molar-refractivity contribution in [1.82, 2.24) is 25.9 Å². The fourth-order valence-electron chi connectivity index (χ4n) is 3.22. The summed E-state index contributed by atoms with van der Waals surface area (Å²) in [6, 6.07) is 4.10. The number of nitrogens with one attached hydrogen (secondary N) is 4. The van der Waals surface area contributed by atoms with Gasteiger partial charge in [0.25, 0.3) is 0 Å². The zero-order valence-electron chi connectivity index (χ0n) is 19.6. The highest BCUT2D eigenvalue weighted by Crippen LogP contribution is 2.07. The topological polar surface area (TPSA) is 217 Å². The van der Waals surface area contributed by atoms with Gasteiger partial charge in [-0.15, -0.1) is 0 Å². The SMILES string of the molecule is CC(NC(=O)C(Cc1cnc[nH]1)NC(=O)C(Cc1ccccc1)NC(=O)C(N)CCC(=O)O)C(=O)O. The summed E-state index contributed by atoms with van der Waals surface area (Å²) in [4.78, 5) is 67.3. The van der Waals surface area contributed by atoms with Crippen LogP contribution in [0.1, 0.15) is 31.0 Å². The number of carboxylic acid groups (broad SMARTS) is 2. The lowest BCUT2D eigenvalue weighted by molar-refractivity contribution is -0.142. The van der Waals surface area contributed by atoms with Crippen molar-refractivity contribution in [2.24, 2.45) is 5.73 Å². The van der Waals surface area contributed by atoms with Crippen LogP contribution in [0.25, 0.3) is 0 Å². The number of carbonyl (C=O) groups excluding carboxylic acids is 3. The van der Waals surface area contributed by atoms with Crippen LogP contribution in [-0.2, 0) is 36.8 Å². The molecule has 2 rings (SSSR count). The molecule has 0 aliphatic carbocycles. The number of hydrogen-bond donors (Lipinski definition) is 7. The molecule has 194 valence electrons. The highest BCUT2D eigenvalue weighted by atomic mass is 16.4. The summed E-state index contributed by atoms with van der Waals surface area (Å²) in [5.41, 5.74) is 7.02. The lowest BCUT2D eigenvalue weighted by Gasteiger charge is -2.24. The molecule has 0 radical (unpaired) electrons. The third kappa shape index (κ3) is 9.18. The number of imidazole rings is 1. The van der Waals surface area contributed by atoms with Gasteiger partial charge in [0.15, 0.2) is 0 Å². The largest absolute Gasteiger partial charge is 0.481 e. The Morgan fingerprint density at radius 3 is 2.14 bits per heavy atom. The Hall–Kier alpha value is -4.26. The van der Waals surface area contributed by atoms with Crippen molar-refractivity contribution in [3.8, 4) is 0 Å². The molecule has 0 aliphatic heterocycles. The molecule has 0 bridgehead atoms. The van der Waals surface area contributed by atoms with Gasteiger partial charge in [0, 0.05) is 31.2 Å². The van der Waals surface area contributed by atoms with Gasteiger partial charge in [-0.25, -0.2) is 4.98 Å². The third-order valence-electron chi connectivity index (χ3n) is 5.26. The van der Waals surface area contributed by atoms with E-state index >= 15 is 0 Å². The number of benzene rings is 1. The molecule has 8 N–H and O–H groups in total. The second kappa shape index (κ2) is 13.6. The molecule has 4 unspecified atom stereocenters. The molecular weight excluding hydrogens is 472 g/mol. The van der Waals surface area contributed by atoms with E-state index in [1.165, 1.54) is 19.4 Å². The molecule has 13 nitrogen and oxygen atoms in total. The minimum Gasteiger partial charge on any atom is -0.481 e. The minimum atomic E-state index is -1.25.